The number of carbonyl (C=O) groups excluding carboxylic acids is 1. The summed E-state index contributed by atoms with van der Waals surface area (Å²) in [5, 5.41) is 3.30. The number of nitrogens with zero attached hydrogens (tertiary/aromatic N) is 1. The zero-order valence-corrected chi connectivity index (χ0v) is 12.6. The number of amides is 1. The van der Waals surface area contributed by atoms with Gasteiger partial charge in [0.1, 0.15) is 5.82 Å². The van der Waals surface area contributed by atoms with Gasteiger partial charge in [-0.3, -0.25) is 4.79 Å². The van der Waals surface area contributed by atoms with Crippen LogP contribution in [0.25, 0.3) is 0 Å². The zero-order valence-electron chi connectivity index (χ0n) is 11.8. The third-order valence-corrected chi connectivity index (χ3v) is 3.68. The van der Waals surface area contributed by atoms with Gasteiger partial charge in [0.2, 0.25) is 5.91 Å². The van der Waals surface area contributed by atoms with Gasteiger partial charge in [-0.1, -0.05) is 0 Å². The summed E-state index contributed by atoms with van der Waals surface area (Å²) in [6, 6.07) is 6.13. The lowest BCUT2D eigenvalue weighted by Crippen LogP contribution is -2.35. The predicted molar refractivity (Wildman–Crippen MR) is 81.9 cm³/mol. The van der Waals surface area contributed by atoms with Crippen LogP contribution in [0.1, 0.15) is 26.2 Å². The topological polar surface area (TPSA) is 32.3 Å². The van der Waals surface area contributed by atoms with E-state index in [2.05, 4.69) is 5.32 Å². The van der Waals surface area contributed by atoms with E-state index in [-0.39, 0.29) is 24.1 Å². The number of carbonyl (C=O) groups is 1. The second kappa shape index (κ2) is 8.22. The Morgan fingerprint density at radius 3 is 2.45 bits per heavy atom. The third-order valence-electron chi connectivity index (χ3n) is 3.68. The fourth-order valence-electron chi connectivity index (χ4n) is 2.57. The lowest BCUT2D eigenvalue weighted by Gasteiger charge is -2.26. The molecule has 1 saturated heterocycles. The van der Waals surface area contributed by atoms with Crippen molar-refractivity contribution >= 4 is 24.0 Å². The molecule has 0 atom stereocenters. The van der Waals surface area contributed by atoms with Gasteiger partial charge in [0, 0.05) is 18.7 Å². The molecule has 0 spiro atoms. The highest BCUT2D eigenvalue weighted by atomic mass is 35.5. The van der Waals surface area contributed by atoms with Crippen LogP contribution in [-0.4, -0.2) is 25.5 Å². The van der Waals surface area contributed by atoms with Crippen LogP contribution >= 0.6 is 12.4 Å². The maximum absolute atomic E-state index is 12.9. The largest absolute Gasteiger partial charge is 0.317 e. The van der Waals surface area contributed by atoms with Gasteiger partial charge in [-0.25, -0.2) is 4.39 Å². The summed E-state index contributed by atoms with van der Waals surface area (Å²) in [6.45, 7) is 4.57. The first kappa shape index (κ1) is 16.9. The molecule has 0 aliphatic carbocycles. The van der Waals surface area contributed by atoms with Crippen molar-refractivity contribution in [3.8, 4) is 0 Å². The van der Waals surface area contributed by atoms with Gasteiger partial charge in [-0.05, 0) is 63.0 Å². The highest BCUT2D eigenvalue weighted by Gasteiger charge is 2.21. The van der Waals surface area contributed by atoms with Crippen molar-refractivity contribution in [3.63, 3.8) is 0 Å². The normalized spacial score (nSPS) is 15.5. The molecular weight excluding hydrogens is 279 g/mol. The average Bonchev–Trinajstić information content (AvgIpc) is 2.43. The molecule has 0 bridgehead atoms. The molecule has 1 amide bonds. The summed E-state index contributed by atoms with van der Waals surface area (Å²) in [5.74, 6) is 0.342. The van der Waals surface area contributed by atoms with Crippen LogP contribution in [0.15, 0.2) is 24.3 Å². The van der Waals surface area contributed by atoms with Crippen LogP contribution < -0.4 is 10.2 Å². The molecule has 1 fully saturated rings. The third kappa shape index (κ3) is 4.46. The lowest BCUT2D eigenvalue weighted by atomic mass is 9.94. The summed E-state index contributed by atoms with van der Waals surface area (Å²) >= 11 is 0. The number of benzene rings is 1. The Kier molecular flexibility index (Phi) is 6.96. The van der Waals surface area contributed by atoms with E-state index in [0.29, 0.717) is 18.9 Å². The molecule has 0 saturated carbocycles. The molecule has 112 valence electrons. The molecule has 1 heterocycles. The molecular formula is C15H22ClFN2O. The summed E-state index contributed by atoms with van der Waals surface area (Å²) < 4.78 is 12.9. The van der Waals surface area contributed by atoms with Crippen molar-refractivity contribution in [2.75, 3.05) is 24.5 Å². The zero-order chi connectivity index (χ0) is 13.7. The van der Waals surface area contributed by atoms with Crippen molar-refractivity contribution in [2.45, 2.75) is 26.2 Å². The van der Waals surface area contributed by atoms with Gasteiger partial charge < -0.3 is 10.2 Å². The Balaban J connectivity index is 0.00000200. The number of anilines is 1. The number of halogens is 2. The maximum Gasteiger partial charge on any atom is 0.227 e. The SMILES string of the molecule is CCN(C(=O)CC1CCNCC1)c1ccc(F)cc1.Cl. The van der Waals surface area contributed by atoms with E-state index < -0.39 is 0 Å². The van der Waals surface area contributed by atoms with Gasteiger partial charge in [-0.2, -0.15) is 0 Å². The number of piperidine rings is 1. The standard InChI is InChI=1S/C15H21FN2O.ClH/c1-2-18(14-5-3-13(16)4-6-14)15(19)11-12-7-9-17-10-8-12;/h3-6,12,17H,2,7-11H2,1H3;1H. The van der Waals surface area contributed by atoms with E-state index in [9.17, 15) is 9.18 Å². The van der Waals surface area contributed by atoms with E-state index in [1.807, 2.05) is 6.92 Å². The molecule has 20 heavy (non-hydrogen) atoms. The number of nitrogens with one attached hydrogen (secondary N) is 1. The first-order chi connectivity index (χ1) is 9.20. The van der Waals surface area contributed by atoms with Crippen molar-refractivity contribution in [2.24, 2.45) is 5.92 Å². The molecule has 1 aliphatic heterocycles. The van der Waals surface area contributed by atoms with Crippen LogP contribution in [0.2, 0.25) is 0 Å². The molecule has 1 N–H and O–H groups in total. The van der Waals surface area contributed by atoms with Gasteiger partial charge >= 0.3 is 0 Å². The average molecular weight is 301 g/mol. The first-order valence-corrected chi connectivity index (χ1v) is 6.97. The van der Waals surface area contributed by atoms with Crippen molar-refractivity contribution < 1.29 is 9.18 Å². The number of hydrogen-bond acceptors (Lipinski definition) is 2. The van der Waals surface area contributed by atoms with E-state index in [4.69, 9.17) is 0 Å². The molecule has 1 aromatic carbocycles. The van der Waals surface area contributed by atoms with Crippen LogP contribution in [0, 0.1) is 11.7 Å². The van der Waals surface area contributed by atoms with Crippen molar-refractivity contribution in [3.05, 3.63) is 30.1 Å². The van der Waals surface area contributed by atoms with E-state index >= 15 is 0 Å². The molecule has 0 aromatic heterocycles. The molecule has 0 radical (unpaired) electrons. The summed E-state index contributed by atoms with van der Waals surface area (Å²) in [5.41, 5.74) is 0.780. The van der Waals surface area contributed by atoms with E-state index in [1.165, 1.54) is 12.1 Å². The molecule has 5 heteroatoms. The van der Waals surface area contributed by atoms with Crippen molar-refractivity contribution in [1.29, 1.82) is 0 Å². The minimum absolute atomic E-state index is 0. The Morgan fingerprint density at radius 2 is 1.90 bits per heavy atom. The minimum atomic E-state index is -0.273. The van der Waals surface area contributed by atoms with Crippen LogP contribution in [0.4, 0.5) is 10.1 Å². The molecule has 1 aromatic rings. The Hall–Kier alpha value is -1.13. The van der Waals surface area contributed by atoms with Crippen LogP contribution in [0.3, 0.4) is 0 Å². The Bertz CT molecular complexity index is 418. The molecule has 2 rings (SSSR count). The summed E-state index contributed by atoms with van der Waals surface area (Å²) in [4.78, 5) is 14.1. The highest BCUT2D eigenvalue weighted by molar-refractivity contribution is 5.93. The lowest BCUT2D eigenvalue weighted by molar-refractivity contribution is -0.119. The molecule has 3 nitrogen and oxygen atoms in total. The molecule has 1 aliphatic rings. The van der Waals surface area contributed by atoms with Crippen LogP contribution in [-0.2, 0) is 4.79 Å². The fourth-order valence-corrected chi connectivity index (χ4v) is 2.57. The predicted octanol–water partition coefficient (Wildman–Crippen LogP) is 2.99. The summed E-state index contributed by atoms with van der Waals surface area (Å²) in [7, 11) is 0. The number of hydrogen-bond donors (Lipinski definition) is 1. The number of rotatable bonds is 4. The maximum atomic E-state index is 12.9. The van der Waals surface area contributed by atoms with E-state index in [1.54, 1.807) is 17.0 Å². The summed E-state index contributed by atoms with van der Waals surface area (Å²) in [6.07, 6.45) is 2.71. The second-order valence-corrected chi connectivity index (χ2v) is 5.01. The quantitative estimate of drug-likeness (QED) is 0.927. The Labute approximate surface area is 125 Å². The molecule has 0 unspecified atom stereocenters. The first-order valence-electron chi connectivity index (χ1n) is 6.97. The van der Waals surface area contributed by atoms with E-state index in [0.717, 1.165) is 31.6 Å². The monoisotopic (exact) mass is 300 g/mol. The smallest absolute Gasteiger partial charge is 0.227 e. The fraction of sp³-hybridized carbons (Fsp3) is 0.533. The van der Waals surface area contributed by atoms with Crippen LogP contribution in [0.5, 0.6) is 0 Å². The second-order valence-electron chi connectivity index (χ2n) is 5.01. The van der Waals surface area contributed by atoms with Gasteiger partial charge in [0.05, 0.1) is 0 Å². The van der Waals surface area contributed by atoms with Crippen molar-refractivity contribution in [1.82, 2.24) is 5.32 Å². The minimum Gasteiger partial charge on any atom is -0.317 e. The Morgan fingerprint density at radius 1 is 1.30 bits per heavy atom. The van der Waals surface area contributed by atoms with Gasteiger partial charge in [0.25, 0.3) is 0 Å². The highest BCUT2D eigenvalue weighted by Crippen LogP contribution is 2.21. The van der Waals surface area contributed by atoms with Gasteiger partial charge in [0.15, 0.2) is 0 Å². The van der Waals surface area contributed by atoms with Gasteiger partial charge in [-0.15, -0.1) is 12.4 Å².